The zero-order valence-electron chi connectivity index (χ0n) is 18.1. The second-order valence-electron chi connectivity index (χ2n) is 9.06. The molecule has 2 nitrogen and oxygen atoms in total. The first-order valence-corrected chi connectivity index (χ1v) is 12.3. The summed E-state index contributed by atoms with van der Waals surface area (Å²) in [6, 6.07) is 39.2. The average Bonchev–Trinajstić information content (AvgIpc) is 3.16. The molecule has 3 heteroatoms. The molecular formula is C31H18BrNO. The molecule has 0 radical (unpaired) electrons. The zero-order valence-corrected chi connectivity index (χ0v) is 19.7. The molecule has 1 aliphatic carbocycles. The normalized spacial score (nSPS) is 17.9. The summed E-state index contributed by atoms with van der Waals surface area (Å²) in [5.74, 6) is 1.78. The molecule has 0 saturated heterocycles. The van der Waals surface area contributed by atoms with Crippen molar-refractivity contribution in [2.24, 2.45) is 0 Å². The number of fused-ring (bicyclic) bond motifs is 11. The van der Waals surface area contributed by atoms with Gasteiger partial charge < -0.3 is 9.64 Å². The van der Waals surface area contributed by atoms with Crippen LogP contribution in [0.2, 0.25) is 0 Å². The minimum atomic E-state index is -0.427. The van der Waals surface area contributed by atoms with Crippen molar-refractivity contribution in [1.82, 2.24) is 0 Å². The topological polar surface area (TPSA) is 12.5 Å². The number of hydrogen-bond acceptors (Lipinski definition) is 2. The third-order valence-electron chi connectivity index (χ3n) is 7.51. The maximum absolute atomic E-state index is 6.49. The predicted molar refractivity (Wildman–Crippen MR) is 140 cm³/mol. The Labute approximate surface area is 206 Å². The first-order chi connectivity index (χ1) is 16.8. The highest BCUT2D eigenvalue weighted by atomic mass is 79.9. The van der Waals surface area contributed by atoms with Crippen LogP contribution in [-0.2, 0) is 5.41 Å². The Morgan fingerprint density at radius 1 is 0.559 bits per heavy atom. The minimum Gasteiger partial charge on any atom is -0.453 e. The Balaban J connectivity index is 1.59. The van der Waals surface area contributed by atoms with E-state index < -0.39 is 5.41 Å². The van der Waals surface area contributed by atoms with Crippen molar-refractivity contribution in [2.45, 2.75) is 5.41 Å². The molecule has 0 fully saturated rings. The van der Waals surface area contributed by atoms with E-state index in [1.807, 2.05) is 6.07 Å². The highest BCUT2D eigenvalue weighted by Crippen LogP contribution is 2.66. The van der Waals surface area contributed by atoms with Crippen LogP contribution >= 0.6 is 15.9 Å². The van der Waals surface area contributed by atoms with E-state index >= 15 is 0 Å². The predicted octanol–water partition coefficient (Wildman–Crippen LogP) is 8.70. The van der Waals surface area contributed by atoms with Crippen LogP contribution in [0.3, 0.4) is 0 Å². The molecule has 0 N–H and O–H groups in total. The van der Waals surface area contributed by atoms with Gasteiger partial charge in [0.1, 0.15) is 0 Å². The summed E-state index contributed by atoms with van der Waals surface area (Å²) < 4.78 is 7.58. The van der Waals surface area contributed by atoms with Gasteiger partial charge in [-0.15, -0.1) is 0 Å². The van der Waals surface area contributed by atoms with Crippen molar-refractivity contribution in [3.8, 4) is 22.6 Å². The molecule has 1 spiro atoms. The fourth-order valence-electron chi connectivity index (χ4n) is 6.32. The summed E-state index contributed by atoms with van der Waals surface area (Å²) >= 11 is 3.78. The summed E-state index contributed by atoms with van der Waals surface area (Å²) in [7, 11) is 0. The minimum absolute atomic E-state index is 0.427. The molecule has 0 aromatic heterocycles. The molecule has 0 saturated carbocycles. The van der Waals surface area contributed by atoms with E-state index in [0.29, 0.717) is 0 Å². The zero-order chi connectivity index (χ0) is 22.4. The van der Waals surface area contributed by atoms with Gasteiger partial charge in [-0.05, 0) is 69.8 Å². The van der Waals surface area contributed by atoms with E-state index in [4.69, 9.17) is 4.74 Å². The number of rotatable bonds is 0. The molecule has 0 bridgehead atoms. The maximum atomic E-state index is 6.49. The first kappa shape index (κ1) is 18.6. The fraction of sp³-hybridized carbons (Fsp3) is 0.0323. The summed E-state index contributed by atoms with van der Waals surface area (Å²) in [6.07, 6.45) is 0. The summed E-state index contributed by atoms with van der Waals surface area (Å²) in [6.45, 7) is 0. The van der Waals surface area contributed by atoms with E-state index in [0.717, 1.165) is 27.3 Å². The van der Waals surface area contributed by atoms with Gasteiger partial charge in [-0.25, -0.2) is 0 Å². The highest BCUT2D eigenvalue weighted by molar-refractivity contribution is 9.10. The van der Waals surface area contributed by atoms with Crippen LogP contribution in [0.25, 0.3) is 11.1 Å². The van der Waals surface area contributed by atoms with Gasteiger partial charge in [0.05, 0.1) is 22.5 Å². The van der Waals surface area contributed by atoms with Crippen LogP contribution in [-0.4, -0.2) is 0 Å². The SMILES string of the molecule is Brc1ccc2c(c1)C1(c3ccccc3-2)c2ccccc2N2c3ccccc3Oc3cccc1c32. The van der Waals surface area contributed by atoms with E-state index in [-0.39, 0.29) is 0 Å². The molecule has 160 valence electrons. The Morgan fingerprint density at radius 2 is 1.24 bits per heavy atom. The van der Waals surface area contributed by atoms with Gasteiger partial charge in [0.15, 0.2) is 11.5 Å². The van der Waals surface area contributed by atoms with Crippen molar-refractivity contribution in [3.05, 3.63) is 136 Å². The Morgan fingerprint density at radius 3 is 2.15 bits per heavy atom. The average molecular weight is 500 g/mol. The third kappa shape index (κ3) is 2.07. The lowest BCUT2D eigenvalue weighted by Gasteiger charge is -2.47. The number of ether oxygens (including phenoxy) is 1. The molecule has 3 aliphatic rings. The summed E-state index contributed by atoms with van der Waals surface area (Å²) in [4.78, 5) is 2.39. The molecule has 5 aromatic rings. The molecule has 0 amide bonds. The fourth-order valence-corrected chi connectivity index (χ4v) is 6.68. The lowest BCUT2D eigenvalue weighted by atomic mass is 9.64. The largest absolute Gasteiger partial charge is 0.453 e. The number of benzene rings is 5. The standard InChI is InChI=1S/C31H18BrNO/c32-19-16-17-21-20-8-1-2-9-22(20)31(25(21)18-19)23-10-3-4-12-26(23)33-27-13-5-6-14-28(27)34-29-15-7-11-24(31)30(29)33/h1-18H. The quantitative estimate of drug-likeness (QED) is 0.207. The van der Waals surface area contributed by atoms with Crippen LogP contribution in [0.15, 0.2) is 114 Å². The number of hydrogen-bond donors (Lipinski definition) is 0. The molecule has 1 unspecified atom stereocenters. The van der Waals surface area contributed by atoms with Crippen molar-refractivity contribution < 1.29 is 4.74 Å². The Bertz CT molecular complexity index is 1670. The van der Waals surface area contributed by atoms with Crippen LogP contribution in [0.1, 0.15) is 22.3 Å². The molecule has 8 rings (SSSR count). The number of anilines is 3. The van der Waals surface area contributed by atoms with E-state index in [2.05, 4.69) is 124 Å². The number of halogens is 1. The van der Waals surface area contributed by atoms with E-state index in [9.17, 15) is 0 Å². The molecule has 1 atom stereocenters. The molecular weight excluding hydrogens is 482 g/mol. The van der Waals surface area contributed by atoms with Crippen LogP contribution in [0.4, 0.5) is 17.1 Å². The molecule has 5 aromatic carbocycles. The Kier molecular flexibility index (Phi) is 3.50. The highest BCUT2D eigenvalue weighted by Gasteiger charge is 2.53. The van der Waals surface area contributed by atoms with Crippen molar-refractivity contribution in [2.75, 3.05) is 4.90 Å². The molecule has 2 aliphatic heterocycles. The van der Waals surface area contributed by atoms with Gasteiger partial charge in [0.25, 0.3) is 0 Å². The smallest absolute Gasteiger partial charge is 0.151 e. The van der Waals surface area contributed by atoms with Crippen LogP contribution in [0, 0.1) is 0 Å². The van der Waals surface area contributed by atoms with Gasteiger partial charge in [0, 0.05) is 4.47 Å². The second kappa shape index (κ2) is 6.40. The lowest BCUT2D eigenvalue weighted by molar-refractivity contribution is 0.473. The van der Waals surface area contributed by atoms with Crippen molar-refractivity contribution >= 4 is 33.0 Å². The summed E-state index contributed by atoms with van der Waals surface area (Å²) in [5, 5.41) is 0. The van der Waals surface area contributed by atoms with E-state index in [1.165, 1.54) is 39.1 Å². The lowest BCUT2D eigenvalue weighted by Crippen LogP contribution is -2.37. The number of para-hydroxylation sites is 4. The molecule has 34 heavy (non-hydrogen) atoms. The van der Waals surface area contributed by atoms with Gasteiger partial charge in [-0.3, -0.25) is 0 Å². The van der Waals surface area contributed by atoms with E-state index in [1.54, 1.807) is 0 Å². The maximum Gasteiger partial charge on any atom is 0.151 e. The summed E-state index contributed by atoms with van der Waals surface area (Å²) in [5.41, 5.74) is 10.7. The second-order valence-corrected chi connectivity index (χ2v) is 9.98. The first-order valence-electron chi connectivity index (χ1n) is 11.5. The van der Waals surface area contributed by atoms with Gasteiger partial charge in [0.2, 0.25) is 0 Å². The van der Waals surface area contributed by atoms with Crippen LogP contribution in [0.5, 0.6) is 11.5 Å². The van der Waals surface area contributed by atoms with Gasteiger partial charge in [-0.2, -0.15) is 0 Å². The van der Waals surface area contributed by atoms with Gasteiger partial charge >= 0.3 is 0 Å². The van der Waals surface area contributed by atoms with Crippen molar-refractivity contribution in [1.29, 1.82) is 0 Å². The van der Waals surface area contributed by atoms with Crippen LogP contribution < -0.4 is 9.64 Å². The number of nitrogens with zero attached hydrogens (tertiary/aromatic N) is 1. The van der Waals surface area contributed by atoms with Gasteiger partial charge in [-0.1, -0.05) is 88.7 Å². The third-order valence-corrected chi connectivity index (χ3v) is 8.00. The monoisotopic (exact) mass is 499 g/mol. The van der Waals surface area contributed by atoms with Crippen molar-refractivity contribution in [3.63, 3.8) is 0 Å². The molecule has 2 heterocycles. The Hall–Kier alpha value is -3.82.